The lowest BCUT2D eigenvalue weighted by Gasteiger charge is -2.09. The van der Waals surface area contributed by atoms with Crippen LogP contribution in [0, 0.1) is 5.92 Å². The number of hydrogen-bond acceptors (Lipinski definition) is 5. The van der Waals surface area contributed by atoms with Gasteiger partial charge in [0.15, 0.2) is 0 Å². The number of carbonyl (C=O) groups excluding carboxylic acids is 1. The van der Waals surface area contributed by atoms with E-state index in [0.717, 1.165) is 16.3 Å². The van der Waals surface area contributed by atoms with Crippen LogP contribution in [-0.4, -0.2) is 37.8 Å². The lowest BCUT2D eigenvalue weighted by Crippen LogP contribution is -2.27. The Morgan fingerprint density at radius 2 is 2.09 bits per heavy atom. The van der Waals surface area contributed by atoms with Crippen molar-refractivity contribution in [3.05, 3.63) is 35.3 Å². The fourth-order valence-electron chi connectivity index (χ4n) is 1.89. The van der Waals surface area contributed by atoms with E-state index >= 15 is 0 Å². The number of carbonyl (C=O) groups is 1. The molecule has 1 N–H and O–H groups in total. The summed E-state index contributed by atoms with van der Waals surface area (Å²) in [6.45, 7) is 5.75. The quantitative estimate of drug-likeness (QED) is 0.753. The van der Waals surface area contributed by atoms with Gasteiger partial charge in [0.2, 0.25) is 0 Å². The molecule has 124 valence electrons. The molecule has 23 heavy (non-hydrogen) atoms. The van der Waals surface area contributed by atoms with Gasteiger partial charge < -0.3 is 14.8 Å². The summed E-state index contributed by atoms with van der Waals surface area (Å²) in [6.07, 6.45) is 0. The first-order valence-electron chi connectivity index (χ1n) is 7.56. The fraction of sp³-hybridized carbons (Fsp3) is 0.412. The molecule has 1 heterocycles. The first kappa shape index (κ1) is 17.4. The van der Waals surface area contributed by atoms with Crippen LogP contribution < -0.4 is 10.1 Å². The molecule has 2 aromatic rings. The van der Waals surface area contributed by atoms with Crippen molar-refractivity contribution < 1.29 is 14.3 Å². The van der Waals surface area contributed by atoms with Gasteiger partial charge in [0.1, 0.15) is 23.1 Å². The lowest BCUT2D eigenvalue weighted by molar-refractivity contribution is 0.0945. The number of thiazole rings is 1. The predicted octanol–water partition coefficient (Wildman–Crippen LogP) is 3.22. The molecule has 1 aromatic heterocycles. The maximum atomic E-state index is 12.1. The molecule has 0 fully saturated rings. The van der Waals surface area contributed by atoms with Crippen molar-refractivity contribution in [3.63, 3.8) is 0 Å². The van der Waals surface area contributed by atoms with Crippen molar-refractivity contribution in [2.75, 3.05) is 26.9 Å². The van der Waals surface area contributed by atoms with Crippen molar-refractivity contribution >= 4 is 17.2 Å². The Balaban J connectivity index is 2.12. The molecule has 5 nitrogen and oxygen atoms in total. The van der Waals surface area contributed by atoms with Crippen LogP contribution in [0.2, 0.25) is 0 Å². The van der Waals surface area contributed by atoms with Gasteiger partial charge in [-0.1, -0.05) is 26.0 Å². The van der Waals surface area contributed by atoms with Crippen LogP contribution in [0.5, 0.6) is 5.75 Å². The number of rotatable bonds is 8. The zero-order chi connectivity index (χ0) is 16.7. The largest absolute Gasteiger partial charge is 0.490 e. The maximum Gasteiger partial charge on any atom is 0.270 e. The minimum Gasteiger partial charge on any atom is -0.490 e. The summed E-state index contributed by atoms with van der Waals surface area (Å²) in [5.41, 5.74) is 1.33. The van der Waals surface area contributed by atoms with Crippen molar-refractivity contribution in [2.24, 2.45) is 5.92 Å². The fourth-order valence-corrected chi connectivity index (χ4v) is 2.72. The van der Waals surface area contributed by atoms with E-state index in [0.29, 0.717) is 31.4 Å². The van der Waals surface area contributed by atoms with Crippen LogP contribution in [0.25, 0.3) is 10.6 Å². The SMILES string of the molecule is COCCOc1ccccc1-c1nc(C(=O)NCC(C)C)cs1. The van der Waals surface area contributed by atoms with E-state index in [1.54, 1.807) is 12.5 Å². The minimum absolute atomic E-state index is 0.140. The van der Waals surface area contributed by atoms with Crippen LogP contribution in [0.15, 0.2) is 29.6 Å². The molecule has 0 saturated carbocycles. The van der Waals surface area contributed by atoms with Gasteiger partial charge in [-0.2, -0.15) is 0 Å². The summed E-state index contributed by atoms with van der Waals surface area (Å²) in [7, 11) is 1.64. The van der Waals surface area contributed by atoms with Crippen LogP contribution >= 0.6 is 11.3 Å². The lowest BCUT2D eigenvalue weighted by atomic mass is 10.2. The van der Waals surface area contributed by atoms with Gasteiger partial charge in [-0.3, -0.25) is 4.79 Å². The molecule has 6 heteroatoms. The highest BCUT2D eigenvalue weighted by atomic mass is 32.1. The van der Waals surface area contributed by atoms with Crippen LogP contribution in [0.1, 0.15) is 24.3 Å². The Morgan fingerprint density at radius 3 is 2.83 bits per heavy atom. The van der Waals surface area contributed by atoms with Gasteiger partial charge in [0.25, 0.3) is 5.91 Å². The van der Waals surface area contributed by atoms with Gasteiger partial charge in [-0.05, 0) is 18.1 Å². The molecule has 1 amide bonds. The second-order valence-corrected chi connectivity index (χ2v) is 6.34. The smallest absolute Gasteiger partial charge is 0.270 e. The predicted molar refractivity (Wildman–Crippen MR) is 92.1 cm³/mol. The number of hydrogen-bond donors (Lipinski definition) is 1. The number of ether oxygens (including phenoxy) is 2. The highest BCUT2D eigenvalue weighted by molar-refractivity contribution is 7.13. The summed E-state index contributed by atoms with van der Waals surface area (Å²) in [5.74, 6) is 1.01. The molecular weight excluding hydrogens is 312 g/mol. The zero-order valence-electron chi connectivity index (χ0n) is 13.7. The standard InChI is InChI=1S/C17H22N2O3S/c1-12(2)10-18-16(20)14-11-23-17(19-14)13-6-4-5-7-15(13)22-9-8-21-3/h4-7,11-12H,8-10H2,1-3H3,(H,18,20). The number of amides is 1. The molecule has 0 aliphatic carbocycles. The monoisotopic (exact) mass is 334 g/mol. The van der Waals surface area contributed by atoms with E-state index in [4.69, 9.17) is 9.47 Å². The first-order chi connectivity index (χ1) is 11.1. The van der Waals surface area contributed by atoms with Gasteiger partial charge in [-0.25, -0.2) is 4.98 Å². The van der Waals surface area contributed by atoms with Gasteiger partial charge in [0.05, 0.1) is 12.2 Å². The number of nitrogens with zero attached hydrogens (tertiary/aromatic N) is 1. The molecular formula is C17H22N2O3S. The number of nitrogens with one attached hydrogen (secondary N) is 1. The number of benzene rings is 1. The van der Waals surface area contributed by atoms with E-state index in [-0.39, 0.29) is 5.91 Å². The third-order valence-corrected chi connectivity index (χ3v) is 3.95. The van der Waals surface area contributed by atoms with E-state index < -0.39 is 0 Å². The molecule has 1 aromatic carbocycles. The molecule has 0 spiro atoms. The summed E-state index contributed by atoms with van der Waals surface area (Å²) < 4.78 is 10.7. The molecule has 0 aliphatic rings. The highest BCUT2D eigenvalue weighted by Gasteiger charge is 2.14. The second kappa shape index (κ2) is 8.64. The summed E-state index contributed by atoms with van der Waals surface area (Å²) in [4.78, 5) is 16.5. The van der Waals surface area contributed by atoms with Crippen LogP contribution in [0.4, 0.5) is 0 Å². The Kier molecular flexibility index (Phi) is 6.55. The summed E-state index contributed by atoms with van der Waals surface area (Å²) in [5, 5.41) is 5.42. The van der Waals surface area contributed by atoms with E-state index in [1.807, 2.05) is 24.3 Å². The van der Waals surface area contributed by atoms with Crippen molar-refractivity contribution in [3.8, 4) is 16.3 Å². The summed E-state index contributed by atoms with van der Waals surface area (Å²) in [6, 6.07) is 7.68. The Morgan fingerprint density at radius 1 is 1.30 bits per heavy atom. The molecule has 0 saturated heterocycles. The normalized spacial score (nSPS) is 10.8. The molecule has 0 aliphatic heterocycles. The Hall–Kier alpha value is -1.92. The van der Waals surface area contributed by atoms with Crippen molar-refractivity contribution in [1.29, 1.82) is 0 Å². The van der Waals surface area contributed by atoms with E-state index in [9.17, 15) is 4.79 Å². The first-order valence-corrected chi connectivity index (χ1v) is 8.44. The molecule has 0 radical (unpaired) electrons. The van der Waals surface area contributed by atoms with E-state index in [1.165, 1.54) is 11.3 Å². The molecule has 2 rings (SSSR count). The average molecular weight is 334 g/mol. The van der Waals surface area contributed by atoms with Gasteiger partial charge in [0, 0.05) is 19.0 Å². The second-order valence-electron chi connectivity index (χ2n) is 5.48. The van der Waals surface area contributed by atoms with Crippen molar-refractivity contribution in [1.82, 2.24) is 10.3 Å². The summed E-state index contributed by atoms with van der Waals surface area (Å²) >= 11 is 1.44. The van der Waals surface area contributed by atoms with Gasteiger partial charge in [-0.15, -0.1) is 11.3 Å². The van der Waals surface area contributed by atoms with Crippen molar-refractivity contribution in [2.45, 2.75) is 13.8 Å². The molecule has 0 unspecified atom stereocenters. The van der Waals surface area contributed by atoms with E-state index in [2.05, 4.69) is 24.1 Å². The number of methoxy groups -OCH3 is 1. The van der Waals surface area contributed by atoms with Gasteiger partial charge >= 0.3 is 0 Å². The zero-order valence-corrected chi connectivity index (χ0v) is 14.5. The number of aromatic nitrogens is 1. The van der Waals surface area contributed by atoms with Crippen LogP contribution in [-0.2, 0) is 4.74 Å². The third-order valence-electron chi connectivity index (χ3n) is 3.07. The minimum atomic E-state index is -0.140. The maximum absolute atomic E-state index is 12.1. The van der Waals surface area contributed by atoms with Crippen LogP contribution in [0.3, 0.4) is 0 Å². The average Bonchev–Trinajstić information content (AvgIpc) is 3.03. The Bertz CT molecular complexity index is 640. The number of para-hydroxylation sites is 1. The molecule has 0 atom stereocenters. The third kappa shape index (κ3) is 5.04. The Labute approximate surface area is 140 Å². The molecule has 0 bridgehead atoms. The topological polar surface area (TPSA) is 60.5 Å². The highest BCUT2D eigenvalue weighted by Crippen LogP contribution is 2.32.